The monoisotopic (exact) mass is 561 g/mol. The number of nitrogen functional groups attached to an aromatic ring is 1. The number of nitrogens with one attached hydrogen (secondary N) is 1. The Morgan fingerprint density at radius 3 is 2.52 bits per heavy atom. The van der Waals surface area contributed by atoms with Crippen molar-refractivity contribution in [2.75, 3.05) is 49.2 Å². The molecule has 208 valence electrons. The van der Waals surface area contributed by atoms with Crippen LogP contribution in [0.3, 0.4) is 0 Å². The molecule has 2 aromatic carbocycles. The number of phenols is 1. The molecule has 1 saturated heterocycles. The molecule has 1 aliphatic heterocycles. The molecular formula is C28H32ClN9O2. The van der Waals surface area contributed by atoms with Gasteiger partial charge in [-0.3, -0.25) is 4.90 Å². The summed E-state index contributed by atoms with van der Waals surface area (Å²) in [5, 5.41) is 18.4. The van der Waals surface area contributed by atoms with Gasteiger partial charge >= 0.3 is 0 Å². The molecule has 2 aromatic heterocycles. The molecular weight excluding hydrogens is 530 g/mol. The highest BCUT2D eigenvalue weighted by Crippen LogP contribution is 2.46. The maximum Gasteiger partial charge on any atom is 0.248 e. The molecule has 40 heavy (non-hydrogen) atoms. The van der Waals surface area contributed by atoms with Gasteiger partial charge in [-0.2, -0.15) is 14.6 Å². The number of ether oxygens (including phenoxy) is 1. The summed E-state index contributed by atoms with van der Waals surface area (Å²) in [5.74, 6) is 2.90. The molecule has 0 amide bonds. The lowest BCUT2D eigenvalue weighted by molar-refractivity contribution is 0.135. The van der Waals surface area contributed by atoms with E-state index in [0.29, 0.717) is 22.7 Å². The zero-order chi connectivity index (χ0) is 27.4. The first-order valence-electron chi connectivity index (χ1n) is 13.8. The molecule has 2 saturated carbocycles. The molecule has 12 heteroatoms. The van der Waals surface area contributed by atoms with Crippen LogP contribution in [0.25, 0.3) is 16.7 Å². The third-order valence-electron chi connectivity index (χ3n) is 8.75. The van der Waals surface area contributed by atoms with Crippen LogP contribution in [-0.2, 0) is 0 Å². The van der Waals surface area contributed by atoms with Crippen LogP contribution >= 0.6 is 11.6 Å². The second kappa shape index (κ2) is 9.97. The average molecular weight is 562 g/mol. The van der Waals surface area contributed by atoms with Crippen LogP contribution in [0.4, 0.5) is 23.3 Å². The molecule has 2 bridgehead atoms. The molecule has 4 N–H and O–H groups in total. The first-order valence-corrected chi connectivity index (χ1v) is 14.2. The highest BCUT2D eigenvalue weighted by atomic mass is 35.5. The summed E-state index contributed by atoms with van der Waals surface area (Å²) in [5.41, 5.74) is 8.71. The number of phenolic OH excluding ortho intramolecular Hbond substituents is 1. The fourth-order valence-electron chi connectivity index (χ4n) is 6.81. The van der Waals surface area contributed by atoms with Gasteiger partial charge in [0.25, 0.3) is 0 Å². The standard InChI is InChI=1S/C28H32ClN9O2/c1-40-24-14-20-21(15-23(24)39)32-26(29)33-25(20)38-27(30)34-28(35-38)31-18-4-6-19(7-5-18)36-8-10-37(11-9-36)22-13-16-2-3-17(22)12-16/h4-7,14-17,22,39H,2-3,8-13H2,1H3,(H3,30,31,34,35). The normalized spacial score (nSPS) is 22.8. The third-order valence-corrected chi connectivity index (χ3v) is 8.92. The van der Waals surface area contributed by atoms with E-state index in [-0.39, 0.29) is 22.7 Å². The molecule has 3 aliphatic rings. The number of aromatic hydroxyl groups is 1. The van der Waals surface area contributed by atoms with E-state index in [9.17, 15) is 5.11 Å². The van der Waals surface area contributed by atoms with Crippen LogP contribution in [0.5, 0.6) is 11.5 Å². The number of nitrogens with two attached hydrogens (primary N) is 1. The lowest BCUT2D eigenvalue weighted by Gasteiger charge is -2.41. The predicted molar refractivity (Wildman–Crippen MR) is 155 cm³/mol. The van der Waals surface area contributed by atoms with Crippen LogP contribution in [0.1, 0.15) is 25.7 Å². The summed E-state index contributed by atoms with van der Waals surface area (Å²) in [6.07, 6.45) is 5.76. The fraction of sp³-hybridized carbons (Fsp3) is 0.429. The molecule has 7 rings (SSSR count). The number of halogens is 1. The van der Waals surface area contributed by atoms with Gasteiger partial charge in [-0.05, 0) is 73.0 Å². The first-order chi connectivity index (χ1) is 19.4. The summed E-state index contributed by atoms with van der Waals surface area (Å²) >= 11 is 6.16. The van der Waals surface area contributed by atoms with Gasteiger partial charge in [0.2, 0.25) is 17.2 Å². The van der Waals surface area contributed by atoms with Crippen molar-refractivity contribution >= 4 is 45.8 Å². The largest absolute Gasteiger partial charge is 0.504 e. The van der Waals surface area contributed by atoms with Crippen molar-refractivity contribution in [1.82, 2.24) is 29.6 Å². The molecule has 3 fully saturated rings. The average Bonchev–Trinajstić information content (AvgIpc) is 3.69. The van der Waals surface area contributed by atoms with Gasteiger partial charge in [-0.25, -0.2) is 4.98 Å². The van der Waals surface area contributed by atoms with E-state index in [2.05, 4.69) is 47.3 Å². The Kier molecular flexibility index (Phi) is 6.27. The lowest BCUT2D eigenvalue weighted by atomic mass is 9.93. The van der Waals surface area contributed by atoms with E-state index in [1.165, 1.54) is 49.2 Å². The van der Waals surface area contributed by atoms with Crippen LogP contribution < -0.4 is 20.7 Å². The highest BCUT2D eigenvalue weighted by molar-refractivity contribution is 6.28. The molecule has 11 nitrogen and oxygen atoms in total. The maximum atomic E-state index is 10.2. The first kappa shape index (κ1) is 25.2. The van der Waals surface area contributed by atoms with E-state index in [0.717, 1.165) is 49.7 Å². The minimum Gasteiger partial charge on any atom is -0.504 e. The van der Waals surface area contributed by atoms with E-state index in [1.807, 2.05) is 12.1 Å². The van der Waals surface area contributed by atoms with Crippen molar-refractivity contribution in [1.29, 1.82) is 0 Å². The SMILES string of the molecule is COc1cc2c(-n3nc(Nc4ccc(N5CCN(C6CC7CCC6C7)CC5)cc4)nc3N)nc(Cl)nc2cc1O. The quantitative estimate of drug-likeness (QED) is 0.294. The van der Waals surface area contributed by atoms with Gasteiger partial charge in [0.05, 0.1) is 12.6 Å². The number of hydrogen-bond donors (Lipinski definition) is 3. The number of nitrogens with zero attached hydrogens (tertiary/aromatic N) is 7. The topological polar surface area (TPSA) is 130 Å². The fourth-order valence-corrected chi connectivity index (χ4v) is 6.98. The molecule has 2 aliphatic carbocycles. The predicted octanol–water partition coefficient (Wildman–Crippen LogP) is 4.21. The van der Waals surface area contributed by atoms with Crippen molar-refractivity contribution in [2.24, 2.45) is 11.8 Å². The van der Waals surface area contributed by atoms with Crippen molar-refractivity contribution in [2.45, 2.75) is 31.7 Å². The second-order valence-electron chi connectivity index (χ2n) is 11.0. The maximum absolute atomic E-state index is 10.2. The Morgan fingerprint density at radius 1 is 1.02 bits per heavy atom. The highest BCUT2D eigenvalue weighted by Gasteiger charge is 2.42. The van der Waals surface area contributed by atoms with Crippen LogP contribution in [0.15, 0.2) is 36.4 Å². The van der Waals surface area contributed by atoms with Crippen LogP contribution in [0, 0.1) is 11.8 Å². The zero-order valence-electron chi connectivity index (χ0n) is 22.3. The van der Waals surface area contributed by atoms with Crippen molar-refractivity contribution in [3.05, 3.63) is 41.7 Å². The number of rotatable bonds is 6. The van der Waals surface area contributed by atoms with Crippen molar-refractivity contribution < 1.29 is 9.84 Å². The van der Waals surface area contributed by atoms with Gasteiger partial charge in [0.15, 0.2) is 17.3 Å². The molecule has 0 radical (unpaired) electrons. The lowest BCUT2D eigenvalue weighted by Crippen LogP contribution is -2.51. The molecule has 3 heterocycles. The number of hydrogen-bond acceptors (Lipinski definition) is 10. The Hall–Kier alpha value is -3.83. The Morgan fingerprint density at radius 2 is 1.82 bits per heavy atom. The number of benzene rings is 2. The van der Waals surface area contributed by atoms with E-state index < -0.39 is 0 Å². The van der Waals surface area contributed by atoms with Crippen molar-refractivity contribution in [3.8, 4) is 17.3 Å². The molecule has 4 aromatic rings. The number of fused-ring (bicyclic) bond motifs is 3. The smallest absolute Gasteiger partial charge is 0.248 e. The van der Waals surface area contributed by atoms with E-state index >= 15 is 0 Å². The second-order valence-corrected chi connectivity index (χ2v) is 11.3. The van der Waals surface area contributed by atoms with E-state index in [1.54, 1.807) is 6.07 Å². The summed E-state index contributed by atoms with van der Waals surface area (Å²) in [6.45, 7) is 4.39. The number of anilines is 4. The Labute approximate surface area is 236 Å². The number of aromatic nitrogens is 5. The molecule has 3 unspecified atom stereocenters. The van der Waals surface area contributed by atoms with Crippen LogP contribution in [0.2, 0.25) is 5.28 Å². The van der Waals surface area contributed by atoms with Crippen molar-refractivity contribution in [3.63, 3.8) is 0 Å². The summed E-state index contributed by atoms with van der Waals surface area (Å²) in [7, 11) is 1.47. The Balaban J connectivity index is 1.05. The molecule has 0 spiro atoms. The number of piperazine rings is 1. The van der Waals surface area contributed by atoms with Crippen LogP contribution in [-0.4, -0.2) is 74.1 Å². The van der Waals surface area contributed by atoms with Gasteiger partial charge < -0.3 is 25.8 Å². The Bertz CT molecular complexity index is 1550. The minimum atomic E-state index is -0.0596. The van der Waals surface area contributed by atoms with Gasteiger partial charge in [0, 0.05) is 55.0 Å². The van der Waals surface area contributed by atoms with E-state index in [4.69, 9.17) is 22.1 Å². The van der Waals surface area contributed by atoms with Gasteiger partial charge in [-0.1, -0.05) is 6.42 Å². The summed E-state index contributed by atoms with van der Waals surface area (Å²) in [4.78, 5) is 18.1. The summed E-state index contributed by atoms with van der Waals surface area (Å²) in [6, 6.07) is 12.2. The van der Waals surface area contributed by atoms with Gasteiger partial charge in [-0.15, -0.1) is 5.10 Å². The third kappa shape index (κ3) is 4.52. The minimum absolute atomic E-state index is 0.0108. The van der Waals surface area contributed by atoms with Gasteiger partial charge in [0.1, 0.15) is 0 Å². The summed E-state index contributed by atoms with van der Waals surface area (Å²) < 4.78 is 6.64. The zero-order valence-corrected chi connectivity index (χ0v) is 23.1. The molecule has 3 atom stereocenters. The number of methoxy groups -OCH3 is 1.